The number of nitrogens with one attached hydrogen (secondary N) is 2. The van der Waals surface area contributed by atoms with E-state index in [0.29, 0.717) is 5.56 Å². The van der Waals surface area contributed by atoms with Crippen LogP contribution in [0.1, 0.15) is 39.3 Å². The van der Waals surface area contributed by atoms with Crippen LogP contribution in [0.15, 0.2) is 30.3 Å². The van der Waals surface area contributed by atoms with Crippen LogP contribution in [0.4, 0.5) is 4.79 Å². The second-order valence-electron chi connectivity index (χ2n) is 6.12. The topological polar surface area (TPSA) is 111 Å². The Kier molecular flexibility index (Phi) is 6.12. The van der Waals surface area contributed by atoms with E-state index in [0.717, 1.165) is 0 Å². The molecule has 2 atom stereocenters. The van der Waals surface area contributed by atoms with Crippen molar-refractivity contribution in [2.24, 2.45) is 5.73 Å². The van der Waals surface area contributed by atoms with Crippen molar-refractivity contribution in [2.75, 3.05) is 0 Å². The molecule has 126 valence electrons. The Morgan fingerprint density at radius 2 is 1.65 bits per heavy atom. The summed E-state index contributed by atoms with van der Waals surface area (Å²) in [4.78, 5) is 35.4. The lowest BCUT2D eigenvalue weighted by atomic mass is 10.1. The first-order chi connectivity index (χ1) is 10.6. The fourth-order valence-electron chi connectivity index (χ4n) is 1.78. The first-order valence-electron chi connectivity index (χ1n) is 7.24. The molecule has 23 heavy (non-hydrogen) atoms. The summed E-state index contributed by atoms with van der Waals surface area (Å²) in [6.07, 6.45) is -0.713. The van der Waals surface area contributed by atoms with E-state index < -0.39 is 35.6 Å². The van der Waals surface area contributed by atoms with Gasteiger partial charge >= 0.3 is 6.09 Å². The fraction of sp³-hybridized carbons (Fsp3) is 0.438. The van der Waals surface area contributed by atoms with E-state index in [4.69, 9.17) is 10.5 Å². The molecule has 3 amide bonds. The van der Waals surface area contributed by atoms with Crippen molar-refractivity contribution in [3.8, 4) is 0 Å². The number of hydrogen-bond acceptors (Lipinski definition) is 4. The van der Waals surface area contributed by atoms with Crippen molar-refractivity contribution in [3.05, 3.63) is 35.9 Å². The molecule has 0 aliphatic rings. The van der Waals surface area contributed by atoms with Crippen molar-refractivity contribution < 1.29 is 19.1 Å². The van der Waals surface area contributed by atoms with E-state index in [-0.39, 0.29) is 0 Å². The summed E-state index contributed by atoms with van der Waals surface area (Å²) in [6.45, 7) is 6.64. The molecule has 0 bridgehead atoms. The van der Waals surface area contributed by atoms with Crippen LogP contribution in [-0.4, -0.2) is 29.6 Å². The second-order valence-corrected chi connectivity index (χ2v) is 6.12. The summed E-state index contributed by atoms with van der Waals surface area (Å²) < 4.78 is 5.07. The molecule has 4 N–H and O–H groups in total. The number of nitrogens with two attached hydrogens (primary N) is 1. The van der Waals surface area contributed by atoms with Crippen LogP contribution in [0.3, 0.4) is 0 Å². The lowest BCUT2D eigenvalue weighted by molar-refractivity contribution is -0.128. The minimum atomic E-state index is -0.966. The monoisotopic (exact) mass is 321 g/mol. The molecule has 7 nitrogen and oxygen atoms in total. The number of carbonyl (C=O) groups excluding carboxylic acids is 3. The average Bonchev–Trinajstić information content (AvgIpc) is 2.42. The van der Waals surface area contributed by atoms with Gasteiger partial charge in [-0.2, -0.15) is 0 Å². The van der Waals surface area contributed by atoms with Gasteiger partial charge in [-0.15, -0.1) is 0 Å². The third-order valence-electron chi connectivity index (χ3n) is 2.83. The Morgan fingerprint density at radius 1 is 1.09 bits per heavy atom. The van der Waals surface area contributed by atoms with E-state index >= 15 is 0 Å². The van der Waals surface area contributed by atoms with Crippen molar-refractivity contribution >= 4 is 17.9 Å². The molecule has 0 unspecified atom stereocenters. The van der Waals surface area contributed by atoms with E-state index in [1.165, 1.54) is 6.92 Å². The predicted octanol–water partition coefficient (Wildman–Crippen LogP) is 1.24. The lowest BCUT2D eigenvalue weighted by Crippen LogP contribution is -2.49. The third kappa shape index (κ3) is 6.37. The molecular formula is C16H23N3O4. The van der Waals surface area contributed by atoms with Gasteiger partial charge < -0.3 is 21.1 Å². The first-order valence-corrected chi connectivity index (χ1v) is 7.24. The maximum Gasteiger partial charge on any atom is 0.408 e. The van der Waals surface area contributed by atoms with Gasteiger partial charge in [0.2, 0.25) is 11.8 Å². The summed E-state index contributed by atoms with van der Waals surface area (Å²) in [7, 11) is 0. The van der Waals surface area contributed by atoms with Crippen molar-refractivity contribution in [1.29, 1.82) is 0 Å². The molecule has 1 aromatic carbocycles. The number of amides is 3. The lowest BCUT2D eigenvalue weighted by Gasteiger charge is -2.23. The van der Waals surface area contributed by atoms with E-state index in [1.807, 2.05) is 0 Å². The molecule has 0 saturated carbocycles. The van der Waals surface area contributed by atoms with E-state index in [2.05, 4.69) is 10.6 Å². The fourth-order valence-corrected chi connectivity index (χ4v) is 1.78. The Hall–Kier alpha value is -2.57. The van der Waals surface area contributed by atoms with Crippen LogP contribution >= 0.6 is 0 Å². The van der Waals surface area contributed by atoms with E-state index in [9.17, 15) is 14.4 Å². The number of rotatable bonds is 5. The molecule has 0 heterocycles. The Morgan fingerprint density at radius 3 is 2.13 bits per heavy atom. The van der Waals surface area contributed by atoms with Crippen molar-refractivity contribution in [3.63, 3.8) is 0 Å². The first kappa shape index (κ1) is 18.5. The van der Waals surface area contributed by atoms with Crippen LogP contribution < -0.4 is 16.4 Å². The molecule has 0 aliphatic heterocycles. The van der Waals surface area contributed by atoms with Crippen LogP contribution in [0, 0.1) is 0 Å². The largest absolute Gasteiger partial charge is 0.444 e. The summed E-state index contributed by atoms with van der Waals surface area (Å²) in [5.74, 6) is -1.22. The van der Waals surface area contributed by atoms with Gasteiger partial charge in [0.25, 0.3) is 0 Å². The zero-order valence-electron chi connectivity index (χ0n) is 13.8. The minimum Gasteiger partial charge on any atom is -0.444 e. The second kappa shape index (κ2) is 7.62. The molecule has 1 aromatic rings. The van der Waals surface area contributed by atoms with Gasteiger partial charge in [-0.25, -0.2) is 4.79 Å². The molecule has 0 aromatic heterocycles. The highest BCUT2D eigenvalue weighted by molar-refractivity contribution is 5.91. The van der Waals surface area contributed by atoms with Gasteiger partial charge in [0.15, 0.2) is 0 Å². The molecule has 7 heteroatoms. The zero-order valence-corrected chi connectivity index (χ0v) is 13.8. The molecule has 0 radical (unpaired) electrons. The average molecular weight is 321 g/mol. The van der Waals surface area contributed by atoms with E-state index in [1.54, 1.807) is 51.1 Å². The molecular weight excluding hydrogens is 298 g/mol. The number of primary amides is 1. The van der Waals surface area contributed by atoms with Crippen molar-refractivity contribution in [1.82, 2.24) is 10.6 Å². The highest BCUT2D eigenvalue weighted by Gasteiger charge is 2.25. The molecule has 1 rings (SSSR count). The zero-order chi connectivity index (χ0) is 17.6. The quantitative estimate of drug-likeness (QED) is 0.757. The van der Waals surface area contributed by atoms with Crippen LogP contribution in [0.5, 0.6) is 0 Å². The number of ether oxygens (including phenoxy) is 1. The highest BCUT2D eigenvalue weighted by atomic mass is 16.6. The minimum absolute atomic E-state index is 0.538. The summed E-state index contributed by atoms with van der Waals surface area (Å²) in [6, 6.07) is 6.78. The summed E-state index contributed by atoms with van der Waals surface area (Å²) in [5, 5.41) is 4.92. The van der Waals surface area contributed by atoms with Crippen molar-refractivity contribution in [2.45, 2.75) is 45.4 Å². The number of benzene rings is 1. The summed E-state index contributed by atoms with van der Waals surface area (Å²) in [5.41, 5.74) is 5.24. The van der Waals surface area contributed by atoms with Gasteiger partial charge in [0, 0.05) is 0 Å². The number of carbonyl (C=O) groups is 3. The van der Waals surface area contributed by atoms with Gasteiger partial charge in [-0.1, -0.05) is 30.3 Å². The molecule has 0 spiro atoms. The Labute approximate surface area is 135 Å². The number of hydrogen-bond donors (Lipinski definition) is 3. The van der Waals surface area contributed by atoms with Crippen LogP contribution in [0.25, 0.3) is 0 Å². The highest BCUT2D eigenvalue weighted by Crippen LogP contribution is 2.12. The SMILES string of the molecule is C[C@@H](NC(=O)OC(C)(C)C)C(=O)N[C@H](C(N)=O)c1ccccc1. The third-order valence-corrected chi connectivity index (χ3v) is 2.83. The van der Waals surface area contributed by atoms with Crippen LogP contribution in [0.2, 0.25) is 0 Å². The van der Waals surface area contributed by atoms with Gasteiger partial charge in [0.05, 0.1) is 0 Å². The number of alkyl carbamates (subject to hydrolysis) is 1. The molecule has 0 saturated heterocycles. The van der Waals surface area contributed by atoms with Gasteiger partial charge in [-0.05, 0) is 33.3 Å². The molecule has 0 fully saturated rings. The van der Waals surface area contributed by atoms with Gasteiger partial charge in [-0.3, -0.25) is 9.59 Å². The Balaban J connectivity index is 2.69. The normalized spacial score (nSPS) is 13.6. The molecule has 0 aliphatic carbocycles. The maximum atomic E-state index is 12.1. The Bertz CT molecular complexity index is 566. The standard InChI is InChI=1S/C16H23N3O4/c1-10(18-15(22)23-16(2,3)4)14(21)19-12(13(17)20)11-8-6-5-7-9-11/h5-10,12H,1-4H3,(H2,17,20)(H,18,22)(H,19,21)/t10-,12+/m1/s1. The smallest absolute Gasteiger partial charge is 0.408 e. The van der Waals surface area contributed by atoms with Gasteiger partial charge in [0.1, 0.15) is 17.7 Å². The maximum absolute atomic E-state index is 12.1. The van der Waals surface area contributed by atoms with Crippen LogP contribution in [-0.2, 0) is 14.3 Å². The summed E-state index contributed by atoms with van der Waals surface area (Å²) >= 11 is 0. The predicted molar refractivity (Wildman–Crippen MR) is 85.4 cm³/mol.